The van der Waals surface area contributed by atoms with Gasteiger partial charge in [-0.25, -0.2) is 0 Å². The van der Waals surface area contributed by atoms with Gasteiger partial charge in [0, 0.05) is 16.1 Å². The van der Waals surface area contributed by atoms with E-state index < -0.39 is 0 Å². The normalized spacial score (nSPS) is 10.7. The number of pyridine rings is 1. The van der Waals surface area contributed by atoms with Gasteiger partial charge in [0.15, 0.2) is 0 Å². The average Bonchev–Trinajstić information content (AvgIpc) is 2.52. The Morgan fingerprint density at radius 2 is 2.05 bits per heavy atom. The van der Waals surface area contributed by atoms with E-state index in [0.29, 0.717) is 10.6 Å². The molecule has 110 valence electrons. The Bertz CT molecular complexity index is 880. The molecule has 0 aliphatic rings. The number of nitrogens with one attached hydrogen (secondary N) is 1. The zero-order chi connectivity index (χ0) is 15.7. The maximum Gasteiger partial charge on any atom is 0.257 e. The summed E-state index contributed by atoms with van der Waals surface area (Å²) in [5.74, 6) is -0.250. The molecule has 5 heteroatoms. The first-order valence-corrected chi connectivity index (χ1v) is 7.84. The Kier molecular flexibility index (Phi) is 4.14. The number of benzene rings is 2. The van der Waals surface area contributed by atoms with Crippen LogP contribution in [0.5, 0.6) is 0 Å². The van der Waals surface area contributed by atoms with Crippen molar-refractivity contribution < 1.29 is 4.79 Å². The molecule has 0 radical (unpaired) electrons. The van der Waals surface area contributed by atoms with Crippen LogP contribution in [-0.2, 0) is 0 Å². The van der Waals surface area contributed by atoms with Crippen molar-refractivity contribution in [2.75, 3.05) is 5.32 Å². The lowest BCUT2D eigenvalue weighted by Gasteiger charge is -2.11. The molecule has 0 bridgehead atoms. The average molecular weight is 376 g/mol. The lowest BCUT2D eigenvalue weighted by atomic mass is 10.1. The van der Waals surface area contributed by atoms with Crippen molar-refractivity contribution in [1.29, 1.82) is 0 Å². The summed E-state index contributed by atoms with van der Waals surface area (Å²) >= 11 is 9.46. The van der Waals surface area contributed by atoms with Crippen molar-refractivity contribution in [1.82, 2.24) is 4.98 Å². The smallest absolute Gasteiger partial charge is 0.257 e. The lowest BCUT2D eigenvalue weighted by molar-refractivity contribution is 0.102. The number of carbonyl (C=O) groups excluding carboxylic acids is 1. The number of aryl methyl sites for hydroxylation is 1. The second-order valence-corrected chi connectivity index (χ2v) is 6.23. The van der Waals surface area contributed by atoms with E-state index >= 15 is 0 Å². The summed E-state index contributed by atoms with van der Waals surface area (Å²) in [7, 11) is 0. The minimum atomic E-state index is -0.250. The van der Waals surface area contributed by atoms with Gasteiger partial charge in [-0.3, -0.25) is 9.78 Å². The summed E-state index contributed by atoms with van der Waals surface area (Å²) in [6, 6.07) is 12.8. The molecule has 0 saturated heterocycles. The lowest BCUT2D eigenvalue weighted by Crippen LogP contribution is -2.13. The summed E-state index contributed by atoms with van der Waals surface area (Å²) in [4.78, 5) is 16.8. The highest BCUT2D eigenvalue weighted by molar-refractivity contribution is 9.10. The van der Waals surface area contributed by atoms with Crippen molar-refractivity contribution in [3.63, 3.8) is 0 Å². The van der Waals surface area contributed by atoms with Gasteiger partial charge in [-0.1, -0.05) is 33.6 Å². The number of amides is 1. The number of carbonyl (C=O) groups is 1. The number of nitrogens with zero attached hydrogens (tertiary/aromatic N) is 1. The fourth-order valence-electron chi connectivity index (χ4n) is 2.28. The van der Waals surface area contributed by atoms with Crippen molar-refractivity contribution in [3.8, 4) is 0 Å². The van der Waals surface area contributed by atoms with Crippen LogP contribution in [0.1, 0.15) is 15.9 Å². The van der Waals surface area contributed by atoms with E-state index in [9.17, 15) is 4.79 Å². The third kappa shape index (κ3) is 2.85. The monoisotopic (exact) mass is 374 g/mol. The van der Waals surface area contributed by atoms with Crippen molar-refractivity contribution in [2.24, 2.45) is 0 Å². The molecule has 1 aromatic heterocycles. The fraction of sp³-hybridized carbons (Fsp3) is 0.0588. The standard InChI is InChI=1S/C17H12BrClN2O/c1-10-4-7-15(12-3-2-8-20-16(10)12)21-17(22)13-9-11(18)5-6-14(13)19/h2-9H,1H3,(H,21,22). The summed E-state index contributed by atoms with van der Waals surface area (Å²) in [5, 5.41) is 4.23. The third-order valence-electron chi connectivity index (χ3n) is 3.39. The predicted octanol–water partition coefficient (Wildman–Crippen LogP) is 5.21. The van der Waals surface area contributed by atoms with Crippen molar-refractivity contribution >= 4 is 50.0 Å². The number of hydrogen-bond acceptors (Lipinski definition) is 2. The van der Waals surface area contributed by atoms with E-state index in [-0.39, 0.29) is 5.91 Å². The SMILES string of the molecule is Cc1ccc(NC(=O)c2cc(Br)ccc2Cl)c2cccnc12. The van der Waals surface area contributed by atoms with Gasteiger partial charge < -0.3 is 5.32 Å². The van der Waals surface area contributed by atoms with Gasteiger partial charge in [-0.05, 0) is 48.9 Å². The first kappa shape index (κ1) is 15.0. The molecule has 0 aliphatic heterocycles. The second-order valence-electron chi connectivity index (χ2n) is 4.91. The number of halogens is 2. The first-order chi connectivity index (χ1) is 10.6. The molecule has 22 heavy (non-hydrogen) atoms. The van der Waals surface area contributed by atoms with E-state index in [2.05, 4.69) is 26.2 Å². The van der Waals surface area contributed by atoms with Crippen LogP contribution in [0.15, 0.2) is 53.1 Å². The number of aromatic nitrogens is 1. The van der Waals surface area contributed by atoms with E-state index in [1.807, 2.05) is 31.2 Å². The van der Waals surface area contributed by atoms with Crippen LogP contribution < -0.4 is 5.32 Å². The molecule has 2 aromatic carbocycles. The number of hydrogen-bond donors (Lipinski definition) is 1. The van der Waals surface area contributed by atoms with E-state index in [1.54, 1.807) is 24.4 Å². The molecular weight excluding hydrogens is 364 g/mol. The molecule has 1 heterocycles. The Balaban J connectivity index is 2.02. The Morgan fingerprint density at radius 3 is 2.86 bits per heavy atom. The highest BCUT2D eigenvalue weighted by atomic mass is 79.9. The van der Waals surface area contributed by atoms with Gasteiger partial charge >= 0.3 is 0 Å². The largest absolute Gasteiger partial charge is 0.321 e. The summed E-state index contributed by atoms with van der Waals surface area (Å²) in [6.07, 6.45) is 1.74. The number of rotatable bonds is 2. The minimum absolute atomic E-state index is 0.250. The van der Waals surface area contributed by atoms with E-state index in [0.717, 1.165) is 26.6 Å². The van der Waals surface area contributed by atoms with Crippen LogP contribution in [0.25, 0.3) is 10.9 Å². The molecular formula is C17H12BrClN2O. The van der Waals surface area contributed by atoms with Crippen molar-refractivity contribution in [2.45, 2.75) is 6.92 Å². The van der Waals surface area contributed by atoms with Gasteiger partial charge in [-0.15, -0.1) is 0 Å². The van der Waals surface area contributed by atoms with Gasteiger partial charge in [0.2, 0.25) is 0 Å². The van der Waals surface area contributed by atoms with Gasteiger partial charge in [0.1, 0.15) is 0 Å². The first-order valence-electron chi connectivity index (χ1n) is 6.67. The van der Waals surface area contributed by atoms with E-state index in [4.69, 9.17) is 11.6 Å². The minimum Gasteiger partial charge on any atom is -0.321 e. The zero-order valence-electron chi connectivity index (χ0n) is 11.7. The van der Waals surface area contributed by atoms with Crippen LogP contribution in [0.3, 0.4) is 0 Å². The number of anilines is 1. The van der Waals surface area contributed by atoms with Crippen LogP contribution in [0.4, 0.5) is 5.69 Å². The summed E-state index contributed by atoms with van der Waals surface area (Å²) in [5.41, 5.74) is 3.08. The molecule has 0 fully saturated rings. The van der Waals surface area contributed by atoms with Gasteiger partial charge in [0.05, 0.1) is 21.8 Å². The molecule has 1 amide bonds. The summed E-state index contributed by atoms with van der Waals surface area (Å²) < 4.78 is 0.803. The fourth-order valence-corrected chi connectivity index (χ4v) is 2.85. The Hall–Kier alpha value is -1.91. The quantitative estimate of drug-likeness (QED) is 0.668. The second kappa shape index (κ2) is 6.07. The van der Waals surface area contributed by atoms with Crippen LogP contribution in [0, 0.1) is 6.92 Å². The molecule has 3 aromatic rings. The Morgan fingerprint density at radius 1 is 1.23 bits per heavy atom. The van der Waals surface area contributed by atoms with E-state index in [1.165, 1.54) is 0 Å². The molecule has 0 saturated carbocycles. The Labute approximate surface area is 141 Å². The predicted molar refractivity (Wildman–Crippen MR) is 93.6 cm³/mol. The maximum atomic E-state index is 12.5. The van der Waals surface area contributed by atoms with Gasteiger partial charge in [-0.2, -0.15) is 0 Å². The van der Waals surface area contributed by atoms with Crippen LogP contribution in [-0.4, -0.2) is 10.9 Å². The van der Waals surface area contributed by atoms with Gasteiger partial charge in [0.25, 0.3) is 5.91 Å². The summed E-state index contributed by atoms with van der Waals surface area (Å²) in [6.45, 7) is 1.99. The molecule has 0 spiro atoms. The highest BCUT2D eigenvalue weighted by Crippen LogP contribution is 2.27. The molecule has 0 unspecified atom stereocenters. The number of fused-ring (bicyclic) bond motifs is 1. The molecule has 3 nitrogen and oxygen atoms in total. The third-order valence-corrected chi connectivity index (χ3v) is 4.22. The van der Waals surface area contributed by atoms with Crippen molar-refractivity contribution in [3.05, 3.63) is 69.3 Å². The maximum absolute atomic E-state index is 12.5. The molecule has 3 rings (SSSR count). The molecule has 0 atom stereocenters. The van der Waals surface area contributed by atoms with Crippen LogP contribution in [0.2, 0.25) is 5.02 Å². The topological polar surface area (TPSA) is 42.0 Å². The molecule has 0 aliphatic carbocycles. The zero-order valence-corrected chi connectivity index (χ0v) is 14.1. The highest BCUT2D eigenvalue weighted by Gasteiger charge is 2.13. The van der Waals surface area contributed by atoms with Crippen LogP contribution >= 0.6 is 27.5 Å². The molecule has 1 N–H and O–H groups in total.